The molecule has 2 aromatic rings. The summed E-state index contributed by atoms with van der Waals surface area (Å²) in [5.74, 6) is -1.91. The molecule has 0 aromatic heterocycles. The van der Waals surface area contributed by atoms with Gasteiger partial charge in [-0.25, -0.2) is 8.78 Å². The number of nitrogens with one attached hydrogen (secondary N) is 1. The largest absolute Gasteiger partial charge is 0.319 e. The van der Waals surface area contributed by atoms with Crippen LogP contribution in [0, 0.1) is 11.6 Å². The molecule has 0 aliphatic heterocycles. The molecule has 0 spiro atoms. The number of benzene rings is 2. The maximum Gasteiger partial charge on any atom is 0.255 e. The Bertz CT molecular complexity index is 546. The zero-order valence-corrected chi connectivity index (χ0v) is 10.0. The highest BCUT2D eigenvalue weighted by Gasteiger charge is 2.09. The van der Waals surface area contributed by atoms with Crippen molar-refractivity contribution in [3.63, 3.8) is 0 Å². The van der Waals surface area contributed by atoms with E-state index < -0.39 is 17.5 Å². The van der Waals surface area contributed by atoms with E-state index in [9.17, 15) is 13.6 Å². The second-order valence-corrected chi connectivity index (χ2v) is 3.44. The molecule has 0 saturated carbocycles. The molecule has 5 heteroatoms. The van der Waals surface area contributed by atoms with Crippen molar-refractivity contribution in [1.82, 2.24) is 0 Å². The summed E-state index contributed by atoms with van der Waals surface area (Å²) in [6, 6.07) is 11.4. The standard InChI is InChI=1S/C13H9F2NO.ClH/c14-10-6-7-12(11(15)8-10)16-13(17)9-4-2-1-3-5-9;/h1-8H,(H,16,17);1H. The smallest absolute Gasteiger partial charge is 0.255 e. The minimum atomic E-state index is -0.797. The number of halogens is 3. The van der Waals surface area contributed by atoms with Crippen LogP contribution in [-0.4, -0.2) is 5.91 Å². The Hall–Kier alpha value is -1.94. The Morgan fingerprint density at radius 1 is 1.00 bits per heavy atom. The third-order valence-electron chi connectivity index (χ3n) is 2.22. The van der Waals surface area contributed by atoms with Crippen molar-refractivity contribution in [3.8, 4) is 0 Å². The normalized spacial score (nSPS) is 9.44. The molecule has 0 heterocycles. The summed E-state index contributed by atoms with van der Waals surface area (Å²) in [4.78, 5) is 11.7. The lowest BCUT2D eigenvalue weighted by molar-refractivity contribution is 0.102. The van der Waals surface area contributed by atoms with Gasteiger partial charge in [0.15, 0.2) is 0 Å². The molecule has 2 nitrogen and oxygen atoms in total. The molecule has 2 rings (SSSR count). The van der Waals surface area contributed by atoms with Gasteiger partial charge in [-0.15, -0.1) is 12.4 Å². The van der Waals surface area contributed by atoms with Crippen LogP contribution in [0.3, 0.4) is 0 Å². The van der Waals surface area contributed by atoms with E-state index in [2.05, 4.69) is 5.32 Å². The molecule has 1 N–H and O–H groups in total. The van der Waals surface area contributed by atoms with Crippen molar-refractivity contribution >= 4 is 24.0 Å². The minimum absolute atomic E-state index is 0. The molecular weight excluding hydrogens is 260 g/mol. The number of carbonyl (C=O) groups is 1. The van der Waals surface area contributed by atoms with Gasteiger partial charge in [0.2, 0.25) is 0 Å². The molecule has 2 aromatic carbocycles. The van der Waals surface area contributed by atoms with E-state index in [1.165, 1.54) is 6.07 Å². The zero-order chi connectivity index (χ0) is 12.3. The lowest BCUT2D eigenvalue weighted by atomic mass is 10.2. The van der Waals surface area contributed by atoms with Gasteiger partial charge >= 0.3 is 0 Å². The SMILES string of the molecule is Cl.O=C(Nc1ccc(F)cc1F)c1ccccc1. The van der Waals surface area contributed by atoms with Crippen molar-refractivity contribution in [2.45, 2.75) is 0 Å². The minimum Gasteiger partial charge on any atom is -0.319 e. The van der Waals surface area contributed by atoms with Crippen molar-refractivity contribution in [2.24, 2.45) is 0 Å². The molecule has 0 aliphatic carbocycles. The molecule has 18 heavy (non-hydrogen) atoms. The highest BCUT2D eigenvalue weighted by molar-refractivity contribution is 6.04. The average molecular weight is 270 g/mol. The number of carbonyl (C=O) groups excluding carboxylic acids is 1. The van der Waals surface area contributed by atoms with E-state index >= 15 is 0 Å². The van der Waals surface area contributed by atoms with E-state index in [1.54, 1.807) is 30.3 Å². The number of amides is 1. The van der Waals surface area contributed by atoms with Gasteiger partial charge < -0.3 is 5.32 Å². The van der Waals surface area contributed by atoms with Gasteiger partial charge in [-0.2, -0.15) is 0 Å². The summed E-state index contributed by atoms with van der Waals surface area (Å²) in [5, 5.41) is 2.37. The second-order valence-electron chi connectivity index (χ2n) is 3.44. The van der Waals surface area contributed by atoms with E-state index in [1.807, 2.05) is 0 Å². The first-order chi connectivity index (χ1) is 8.16. The first-order valence-corrected chi connectivity index (χ1v) is 4.98. The first kappa shape index (κ1) is 14.1. The first-order valence-electron chi connectivity index (χ1n) is 4.98. The summed E-state index contributed by atoms with van der Waals surface area (Å²) in [5.41, 5.74) is 0.372. The Kier molecular flexibility index (Phi) is 4.80. The summed E-state index contributed by atoms with van der Waals surface area (Å²) >= 11 is 0. The zero-order valence-electron chi connectivity index (χ0n) is 9.19. The average Bonchev–Trinajstić information content (AvgIpc) is 2.34. The maximum atomic E-state index is 13.3. The predicted octanol–water partition coefficient (Wildman–Crippen LogP) is 3.64. The Balaban J connectivity index is 0.00000162. The van der Waals surface area contributed by atoms with Crippen LogP contribution in [0.25, 0.3) is 0 Å². The summed E-state index contributed by atoms with van der Waals surface area (Å²) < 4.78 is 25.9. The van der Waals surface area contributed by atoms with Gasteiger partial charge in [0.1, 0.15) is 11.6 Å². The number of hydrogen-bond acceptors (Lipinski definition) is 1. The van der Waals surface area contributed by atoms with Gasteiger partial charge in [0.05, 0.1) is 5.69 Å². The Morgan fingerprint density at radius 2 is 1.67 bits per heavy atom. The van der Waals surface area contributed by atoms with Crippen molar-refractivity contribution < 1.29 is 13.6 Å². The van der Waals surface area contributed by atoms with Crippen molar-refractivity contribution in [2.75, 3.05) is 5.32 Å². The van der Waals surface area contributed by atoms with E-state index in [4.69, 9.17) is 0 Å². The van der Waals surface area contributed by atoms with E-state index in [0.29, 0.717) is 5.56 Å². The topological polar surface area (TPSA) is 29.1 Å². The van der Waals surface area contributed by atoms with Crippen LogP contribution in [-0.2, 0) is 0 Å². The van der Waals surface area contributed by atoms with Crippen LogP contribution in [0.2, 0.25) is 0 Å². The molecular formula is C13H10ClF2NO. The summed E-state index contributed by atoms with van der Waals surface area (Å²) in [7, 11) is 0. The van der Waals surface area contributed by atoms with Crippen LogP contribution in [0.1, 0.15) is 10.4 Å². The van der Waals surface area contributed by atoms with Crippen LogP contribution in [0.4, 0.5) is 14.5 Å². The fourth-order valence-electron chi connectivity index (χ4n) is 1.37. The van der Waals surface area contributed by atoms with Crippen LogP contribution < -0.4 is 5.32 Å². The summed E-state index contributed by atoms with van der Waals surface area (Å²) in [6.45, 7) is 0. The molecule has 0 aliphatic rings. The third kappa shape index (κ3) is 3.28. The molecule has 0 fully saturated rings. The molecule has 94 valence electrons. The molecule has 0 unspecified atom stereocenters. The van der Waals surface area contributed by atoms with Crippen molar-refractivity contribution in [1.29, 1.82) is 0 Å². The van der Waals surface area contributed by atoms with Crippen molar-refractivity contribution in [3.05, 3.63) is 65.7 Å². The summed E-state index contributed by atoms with van der Waals surface area (Å²) in [6.07, 6.45) is 0. The number of anilines is 1. The highest BCUT2D eigenvalue weighted by Crippen LogP contribution is 2.15. The van der Waals surface area contributed by atoms with Gasteiger partial charge in [-0.3, -0.25) is 4.79 Å². The van der Waals surface area contributed by atoms with Crippen LogP contribution in [0.5, 0.6) is 0 Å². The predicted molar refractivity (Wildman–Crippen MR) is 68.0 cm³/mol. The van der Waals surface area contributed by atoms with Gasteiger partial charge in [-0.1, -0.05) is 18.2 Å². The van der Waals surface area contributed by atoms with E-state index in [-0.39, 0.29) is 18.1 Å². The second kappa shape index (κ2) is 6.12. The molecule has 0 saturated heterocycles. The fraction of sp³-hybridized carbons (Fsp3) is 0. The molecule has 0 atom stereocenters. The quantitative estimate of drug-likeness (QED) is 0.886. The van der Waals surface area contributed by atoms with Gasteiger partial charge in [-0.05, 0) is 24.3 Å². The number of rotatable bonds is 2. The fourth-order valence-corrected chi connectivity index (χ4v) is 1.37. The highest BCUT2D eigenvalue weighted by atomic mass is 35.5. The molecule has 1 amide bonds. The maximum absolute atomic E-state index is 13.3. The Labute approximate surface area is 109 Å². The monoisotopic (exact) mass is 269 g/mol. The van der Waals surface area contributed by atoms with Gasteiger partial charge in [0, 0.05) is 11.6 Å². The number of hydrogen-bond donors (Lipinski definition) is 1. The van der Waals surface area contributed by atoms with E-state index in [0.717, 1.165) is 12.1 Å². The van der Waals surface area contributed by atoms with Gasteiger partial charge in [0.25, 0.3) is 5.91 Å². The molecule has 0 radical (unpaired) electrons. The third-order valence-corrected chi connectivity index (χ3v) is 2.22. The lowest BCUT2D eigenvalue weighted by Crippen LogP contribution is -2.12. The lowest BCUT2D eigenvalue weighted by Gasteiger charge is -2.06. The Morgan fingerprint density at radius 3 is 2.28 bits per heavy atom. The van der Waals surface area contributed by atoms with Crippen LogP contribution in [0.15, 0.2) is 48.5 Å². The molecule has 0 bridgehead atoms. The van der Waals surface area contributed by atoms with Crippen LogP contribution >= 0.6 is 12.4 Å².